The van der Waals surface area contributed by atoms with Gasteiger partial charge in [0.1, 0.15) is 11.6 Å². The Morgan fingerprint density at radius 1 is 1.42 bits per heavy atom. The highest BCUT2D eigenvalue weighted by molar-refractivity contribution is 5.50. The SMILES string of the molecule is Cc1nc(NC2CCCNCC2)cc2n[nH]c(=O)n12. The molecule has 7 nitrogen and oxygen atoms in total. The Morgan fingerprint density at radius 3 is 3.21 bits per heavy atom. The van der Waals surface area contributed by atoms with Crippen molar-refractivity contribution in [2.24, 2.45) is 0 Å². The Bertz CT molecular complexity index is 623. The Labute approximate surface area is 110 Å². The molecule has 0 spiro atoms. The van der Waals surface area contributed by atoms with Crippen LogP contribution in [-0.2, 0) is 0 Å². The molecule has 0 amide bonds. The van der Waals surface area contributed by atoms with Crippen molar-refractivity contribution in [1.29, 1.82) is 0 Å². The highest BCUT2D eigenvalue weighted by atomic mass is 16.1. The maximum atomic E-state index is 11.5. The van der Waals surface area contributed by atoms with Gasteiger partial charge in [0.2, 0.25) is 0 Å². The molecule has 1 atom stereocenters. The summed E-state index contributed by atoms with van der Waals surface area (Å²) in [4.78, 5) is 16.0. The third-order valence-corrected chi connectivity index (χ3v) is 3.50. The number of nitrogens with zero attached hydrogens (tertiary/aromatic N) is 3. The highest BCUT2D eigenvalue weighted by Gasteiger charge is 2.13. The molecule has 1 unspecified atom stereocenters. The molecule has 1 aliphatic heterocycles. The van der Waals surface area contributed by atoms with Crippen molar-refractivity contribution in [3.63, 3.8) is 0 Å². The van der Waals surface area contributed by atoms with Gasteiger partial charge in [0.05, 0.1) is 0 Å². The molecule has 1 aliphatic rings. The van der Waals surface area contributed by atoms with E-state index in [4.69, 9.17) is 0 Å². The summed E-state index contributed by atoms with van der Waals surface area (Å²) >= 11 is 0. The summed E-state index contributed by atoms with van der Waals surface area (Å²) in [6.07, 6.45) is 3.38. The second-order valence-electron chi connectivity index (χ2n) is 4.93. The number of hydrogen-bond acceptors (Lipinski definition) is 5. The van der Waals surface area contributed by atoms with Crippen LogP contribution in [0, 0.1) is 6.92 Å². The van der Waals surface area contributed by atoms with E-state index in [-0.39, 0.29) is 5.69 Å². The topological polar surface area (TPSA) is 87.1 Å². The average molecular weight is 262 g/mol. The highest BCUT2D eigenvalue weighted by Crippen LogP contribution is 2.14. The second-order valence-corrected chi connectivity index (χ2v) is 4.93. The quantitative estimate of drug-likeness (QED) is 0.723. The first-order valence-corrected chi connectivity index (χ1v) is 6.66. The van der Waals surface area contributed by atoms with Crippen molar-refractivity contribution in [3.8, 4) is 0 Å². The maximum Gasteiger partial charge on any atom is 0.349 e. The van der Waals surface area contributed by atoms with Gasteiger partial charge >= 0.3 is 5.69 Å². The van der Waals surface area contributed by atoms with E-state index in [1.54, 1.807) is 0 Å². The first-order valence-electron chi connectivity index (χ1n) is 6.66. The lowest BCUT2D eigenvalue weighted by Gasteiger charge is -2.16. The molecular weight excluding hydrogens is 244 g/mol. The van der Waals surface area contributed by atoms with Gasteiger partial charge in [-0.2, -0.15) is 5.10 Å². The first-order chi connectivity index (χ1) is 9.24. The molecule has 0 aliphatic carbocycles. The Hall–Kier alpha value is -1.89. The van der Waals surface area contributed by atoms with Crippen LogP contribution >= 0.6 is 0 Å². The normalized spacial score (nSPS) is 20.4. The summed E-state index contributed by atoms with van der Waals surface area (Å²) in [5.41, 5.74) is 0.358. The van der Waals surface area contributed by atoms with Crippen LogP contribution in [0.4, 0.5) is 5.82 Å². The third-order valence-electron chi connectivity index (χ3n) is 3.50. The van der Waals surface area contributed by atoms with Crippen LogP contribution in [0.25, 0.3) is 5.65 Å². The van der Waals surface area contributed by atoms with Crippen LogP contribution in [0.2, 0.25) is 0 Å². The third kappa shape index (κ3) is 2.46. The van der Waals surface area contributed by atoms with Crippen molar-refractivity contribution in [2.45, 2.75) is 32.2 Å². The molecule has 3 rings (SSSR count). The smallest absolute Gasteiger partial charge is 0.349 e. The lowest BCUT2D eigenvalue weighted by atomic mass is 10.1. The van der Waals surface area contributed by atoms with E-state index in [0.717, 1.165) is 31.7 Å². The molecule has 0 bridgehead atoms. The number of fused-ring (bicyclic) bond motifs is 1. The van der Waals surface area contributed by atoms with Crippen molar-refractivity contribution in [3.05, 3.63) is 22.4 Å². The number of rotatable bonds is 2. The van der Waals surface area contributed by atoms with Crippen LogP contribution < -0.4 is 16.3 Å². The van der Waals surface area contributed by atoms with Crippen LogP contribution in [0.3, 0.4) is 0 Å². The first kappa shape index (κ1) is 12.2. The van der Waals surface area contributed by atoms with Gasteiger partial charge in [0.15, 0.2) is 5.65 Å². The molecule has 2 aromatic rings. The number of aromatic amines is 1. The van der Waals surface area contributed by atoms with Crippen LogP contribution in [0.15, 0.2) is 10.9 Å². The minimum absolute atomic E-state index is 0.245. The number of anilines is 1. The van der Waals surface area contributed by atoms with Gasteiger partial charge in [-0.1, -0.05) is 0 Å². The zero-order valence-electron chi connectivity index (χ0n) is 10.9. The van der Waals surface area contributed by atoms with Gasteiger partial charge in [-0.15, -0.1) is 0 Å². The zero-order chi connectivity index (χ0) is 13.2. The van der Waals surface area contributed by atoms with E-state index in [2.05, 4.69) is 25.8 Å². The minimum Gasteiger partial charge on any atom is -0.367 e. The summed E-state index contributed by atoms with van der Waals surface area (Å²) in [7, 11) is 0. The fourth-order valence-electron chi connectivity index (χ4n) is 2.54. The van der Waals surface area contributed by atoms with Gasteiger partial charge in [0, 0.05) is 12.1 Å². The number of aryl methyl sites for hydroxylation is 1. The lowest BCUT2D eigenvalue weighted by molar-refractivity contribution is 0.634. The van der Waals surface area contributed by atoms with Gasteiger partial charge in [-0.05, 0) is 39.3 Å². The predicted molar refractivity (Wildman–Crippen MR) is 72.5 cm³/mol. The molecule has 19 heavy (non-hydrogen) atoms. The van der Waals surface area contributed by atoms with Crippen molar-refractivity contribution in [2.75, 3.05) is 18.4 Å². The fourth-order valence-corrected chi connectivity index (χ4v) is 2.54. The van der Waals surface area contributed by atoms with Gasteiger partial charge in [-0.25, -0.2) is 19.3 Å². The van der Waals surface area contributed by atoms with E-state index in [1.807, 2.05) is 13.0 Å². The number of nitrogens with one attached hydrogen (secondary N) is 3. The number of aromatic nitrogens is 4. The zero-order valence-corrected chi connectivity index (χ0v) is 10.9. The molecule has 0 radical (unpaired) electrons. The summed E-state index contributed by atoms with van der Waals surface area (Å²) in [5.74, 6) is 1.43. The molecule has 3 N–H and O–H groups in total. The standard InChI is InChI=1S/C12H18N6O/c1-8-14-10(7-11-16-17-12(19)18(8)11)15-9-3-2-5-13-6-4-9/h7,9,13,15H,2-6H2,1H3,(H,17,19). The van der Waals surface area contributed by atoms with Crippen molar-refractivity contribution >= 4 is 11.5 Å². The molecular formula is C12H18N6O. The Kier molecular flexibility index (Phi) is 3.20. The molecule has 7 heteroatoms. The maximum absolute atomic E-state index is 11.5. The van der Waals surface area contributed by atoms with Crippen LogP contribution in [0.5, 0.6) is 0 Å². The summed E-state index contributed by atoms with van der Waals surface area (Å²) in [6, 6.07) is 2.23. The molecule has 102 valence electrons. The second kappa shape index (κ2) is 5.00. The van der Waals surface area contributed by atoms with E-state index in [1.165, 1.54) is 10.8 Å². The van der Waals surface area contributed by atoms with E-state index in [9.17, 15) is 4.79 Å². The number of H-pyrrole nitrogens is 1. The summed E-state index contributed by atoms with van der Waals surface area (Å²) in [6.45, 7) is 3.92. The average Bonchev–Trinajstić information content (AvgIpc) is 2.61. The summed E-state index contributed by atoms with van der Waals surface area (Å²) in [5, 5.41) is 13.2. The van der Waals surface area contributed by atoms with Gasteiger partial charge in [-0.3, -0.25) is 0 Å². The molecule has 2 aromatic heterocycles. The van der Waals surface area contributed by atoms with Crippen molar-refractivity contribution in [1.82, 2.24) is 24.9 Å². The molecule has 1 fully saturated rings. The largest absolute Gasteiger partial charge is 0.367 e. The Morgan fingerprint density at radius 2 is 2.32 bits per heavy atom. The van der Waals surface area contributed by atoms with E-state index < -0.39 is 0 Å². The molecule has 1 saturated heterocycles. The monoisotopic (exact) mass is 262 g/mol. The van der Waals surface area contributed by atoms with Crippen molar-refractivity contribution < 1.29 is 0 Å². The van der Waals surface area contributed by atoms with Gasteiger partial charge in [0.25, 0.3) is 0 Å². The summed E-state index contributed by atoms with van der Waals surface area (Å²) < 4.78 is 1.47. The molecule has 3 heterocycles. The molecule has 0 aromatic carbocycles. The predicted octanol–water partition coefficient (Wildman–Crippen LogP) is 0.280. The van der Waals surface area contributed by atoms with E-state index in [0.29, 0.717) is 17.5 Å². The lowest BCUT2D eigenvalue weighted by Crippen LogP contribution is -2.23. The van der Waals surface area contributed by atoms with Crippen LogP contribution in [-0.4, -0.2) is 38.7 Å². The van der Waals surface area contributed by atoms with Crippen LogP contribution in [0.1, 0.15) is 25.1 Å². The van der Waals surface area contributed by atoms with E-state index >= 15 is 0 Å². The van der Waals surface area contributed by atoms with Gasteiger partial charge < -0.3 is 10.6 Å². The fraction of sp³-hybridized carbons (Fsp3) is 0.583. The number of hydrogen-bond donors (Lipinski definition) is 3. The molecule has 0 saturated carbocycles. The Balaban J connectivity index is 1.86. The minimum atomic E-state index is -0.245.